The van der Waals surface area contributed by atoms with Crippen LogP contribution in [0.15, 0.2) is 72.8 Å². The molecular formula is C26H26O6. The molecule has 3 aromatic carbocycles. The van der Waals surface area contributed by atoms with Crippen molar-refractivity contribution in [2.45, 2.75) is 13.8 Å². The lowest BCUT2D eigenvalue weighted by Crippen LogP contribution is -2.09. The summed E-state index contributed by atoms with van der Waals surface area (Å²) in [6.45, 7) is 3.87. The maximum atomic E-state index is 10.8. The molecule has 0 bridgehead atoms. The number of rotatable bonds is 10. The van der Waals surface area contributed by atoms with Gasteiger partial charge in [-0.1, -0.05) is 48.5 Å². The minimum Gasteiger partial charge on any atom is -0.490 e. The van der Waals surface area contributed by atoms with Gasteiger partial charge >= 0.3 is 11.9 Å². The highest BCUT2D eigenvalue weighted by atomic mass is 16.6. The van der Waals surface area contributed by atoms with Crippen LogP contribution in [-0.4, -0.2) is 38.4 Å². The van der Waals surface area contributed by atoms with Crippen LogP contribution in [0.2, 0.25) is 0 Å². The van der Waals surface area contributed by atoms with Crippen molar-refractivity contribution in [2.75, 3.05) is 26.4 Å². The van der Waals surface area contributed by atoms with E-state index in [1.165, 1.54) is 13.8 Å². The van der Waals surface area contributed by atoms with Gasteiger partial charge in [-0.05, 0) is 46.5 Å². The number of ether oxygens (including phenoxy) is 4. The lowest BCUT2D eigenvalue weighted by Gasteiger charge is -2.09. The monoisotopic (exact) mass is 434 g/mol. The molecule has 0 aliphatic carbocycles. The van der Waals surface area contributed by atoms with Crippen molar-refractivity contribution in [1.82, 2.24) is 0 Å². The zero-order chi connectivity index (χ0) is 22.8. The molecule has 0 N–H and O–H groups in total. The second-order valence-electron chi connectivity index (χ2n) is 7.00. The van der Waals surface area contributed by atoms with Gasteiger partial charge in [-0.25, -0.2) is 0 Å². The first-order valence-electron chi connectivity index (χ1n) is 10.3. The van der Waals surface area contributed by atoms with Crippen molar-refractivity contribution in [2.24, 2.45) is 0 Å². The Balaban J connectivity index is 1.54. The van der Waals surface area contributed by atoms with E-state index >= 15 is 0 Å². The molecule has 6 nitrogen and oxygen atoms in total. The van der Waals surface area contributed by atoms with E-state index < -0.39 is 0 Å². The molecule has 3 rings (SSSR count). The van der Waals surface area contributed by atoms with Gasteiger partial charge in [-0.3, -0.25) is 9.59 Å². The molecule has 0 radical (unpaired) electrons. The van der Waals surface area contributed by atoms with Crippen molar-refractivity contribution in [3.8, 4) is 33.8 Å². The minimum absolute atomic E-state index is 0.236. The van der Waals surface area contributed by atoms with Crippen molar-refractivity contribution in [3.63, 3.8) is 0 Å². The van der Waals surface area contributed by atoms with Crippen LogP contribution in [0.4, 0.5) is 0 Å². The van der Waals surface area contributed by atoms with Crippen LogP contribution < -0.4 is 9.47 Å². The van der Waals surface area contributed by atoms with Crippen LogP contribution in [0, 0.1) is 0 Å². The predicted octanol–water partition coefficient (Wildman–Crippen LogP) is 4.90. The van der Waals surface area contributed by atoms with Crippen LogP contribution in [0.5, 0.6) is 11.5 Å². The fourth-order valence-corrected chi connectivity index (χ4v) is 3.03. The standard InChI is InChI=1S/C26H26O6/c1-19(27)29-15-17-31-25-11-7-23(8-12-25)21-3-5-22(6-4-21)24-9-13-26(14-10-24)32-18-16-30-20(2)28/h3-14H,15-18H2,1-2H3. The summed E-state index contributed by atoms with van der Waals surface area (Å²) in [7, 11) is 0. The van der Waals surface area contributed by atoms with Crippen LogP contribution in [0.3, 0.4) is 0 Å². The zero-order valence-corrected chi connectivity index (χ0v) is 18.2. The highest BCUT2D eigenvalue weighted by Gasteiger charge is 2.03. The van der Waals surface area contributed by atoms with Crippen molar-refractivity contribution in [1.29, 1.82) is 0 Å². The lowest BCUT2D eigenvalue weighted by atomic mass is 10.0. The Bertz CT molecular complexity index is 923. The molecule has 3 aromatic rings. The van der Waals surface area contributed by atoms with Gasteiger partial charge in [0.25, 0.3) is 0 Å². The van der Waals surface area contributed by atoms with Gasteiger partial charge in [0.05, 0.1) is 0 Å². The molecule has 166 valence electrons. The average Bonchev–Trinajstić information content (AvgIpc) is 2.80. The summed E-state index contributed by atoms with van der Waals surface area (Å²) in [5.74, 6) is 0.834. The molecule has 0 aliphatic rings. The molecule has 0 atom stereocenters. The Morgan fingerprint density at radius 1 is 0.500 bits per heavy atom. The van der Waals surface area contributed by atoms with Gasteiger partial charge < -0.3 is 18.9 Å². The molecule has 6 heteroatoms. The molecule has 0 saturated heterocycles. The molecule has 0 aliphatic heterocycles. The van der Waals surface area contributed by atoms with Gasteiger partial charge in [0, 0.05) is 13.8 Å². The Labute approximate surface area is 187 Å². The van der Waals surface area contributed by atoms with Crippen LogP contribution in [-0.2, 0) is 19.1 Å². The van der Waals surface area contributed by atoms with E-state index in [1.54, 1.807) is 0 Å². The maximum Gasteiger partial charge on any atom is 0.302 e. The highest BCUT2D eigenvalue weighted by molar-refractivity contribution is 5.71. The summed E-state index contributed by atoms with van der Waals surface area (Å²) in [6, 6.07) is 23.9. The fourth-order valence-electron chi connectivity index (χ4n) is 3.03. The summed E-state index contributed by atoms with van der Waals surface area (Å²) >= 11 is 0. The minimum atomic E-state index is -0.312. The molecule has 0 heterocycles. The summed E-state index contributed by atoms with van der Waals surface area (Å²) in [4.78, 5) is 21.5. The normalized spacial score (nSPS) is 10.3. The van der Waals surface area contributed by atoms with Crippen molar-refractivity contribution >= 4 is 11.9 Å². The number of hydrogen-bond donors (Lipinski definition) is 0. The van der Waals surface area contributed by atoms with E-state index in [4.69, 9.17) is 18.9 Å². The average molecular weight is 434 g/mol. The van der Waals surface area contributed by atoms with Crippen LogP contribution in [0.25, 0.3) is 22.3 Å². The second-order valence-corrected chi connectivity index (χ2v) is 7.00. The Kier molecular flexibility index (Phi) is 8.26. The third-order valence-electron chi connectivity index (χ3n) is 4.57. The summed E-state index contributed by atoms with van der Waals surface area (Å²) in [6.07, 6.45) is 0. The van der Waals surface area contributed by atoms with E-state index in [0.717, 1.165) is 33.8 Å². The molecule has 0 unspecified atom stereocenters. The van der Waals surface area contributed by atoms with E-state index in [1.807, 2.05) is 48.5 Å². The van der Waals surface area contributed by atoms with Gasteiger partial charge in [-0.2, -0.15) is 0 Å². The van der Waals surface area contributed by atoms with E-state index in [-0.39, 0.29) is 25.2 Å². The van der Waals surface area contributed by atoms with Crippen LogP contribution in [0.1, 0.15) is 13.8 Å². The van der Waals surface area contributed by atoms with Gasteiger partial charge in [-0.15, -0.1) is 0 Å². The SMILES string of the molecule is CC(=O)OCCOc1ccc(-c2ccc(-c3ccc(OCCOC(C)=O)cc3)cc2)cc1. The number of carbonyl (C=O) groups excluding carboxylic acids is 2. The first-order chi connectivity index (χ1) is 15.5. The van der Waals surface area contributed by atoms with E-state index in [0.29, 0.717) is 13.2 Å². The van der Waals surface area contributed by atoms with Crippen molar-refractivity contribution < 1.29 is 28.5 Å². The molecule has 0 saturated carbocycles. The largest absolute Gasteiger partial charge is 0.490 e. The molecular weight excluding hydrogens is 408 g/mol. The molecule has 0 spiro atoms. The number of hydrogen-bond acceptors (Lipinski definition) is 6. The molecule has 0 fully saturated rings. The number of benzene rings is 3. The van der Waals surface area contributed by atoms with E-state index in [9.17, 15) is 9.59 Å². The third kappa shape index (κ3) is 7.16. The summed E-state index contributed by atoms with van der Waals surface area (Å²) in [5.41, 5.74) is 4.37. The first kappa shape index (κ1) is 22.9. The molecule has 32 heavy (non-hydrogen) atoms. The van der Waals surface area contributed by atoms with E-state index in [2.05, 4.69) is 24.3 Å². The quantitative estimate of drug-likeness (QED) is 0.334. The summed E-state index contributed by atoms with van der Waals surface area (Å²) < 4.78 is 20.8. The predicted molar refractivity (Wildman–Crippen MR) is 122 cm³/mol. The van der Waals surface area contributed by atoms with Gasteiger partial charge in [0.1, 0.15) is 37.9 Å². The number of esters is 2. The van der Waals surface area contributed by atoms with Crippen LogP contribution >= 0.6 is 0 Å². The fraction of sp³-hybridized carbons (Fsp3) is 0.231. The Morgan fingerprint density at radius 2 is 0.781 bits per heavy atom. The van der Waals surface area contributed by atoms with Gasteiger partial charge in [0.15, 0.2) is 0 Å². The zero-order valence-electron chi connectivity index (χ0n) is 18.2. The highest BCUT2D eigenvalue weighted by Crippen LogP contribution is 2.27. The Morgan fingerprint density at radius 3 is 1.06 bits per heavy atom. The molecule has 0 amide bonds. The topological polar surface area (TPSA) is 71.1 Å². The maximum absolute atomic E-state index is 10.8. The summed E-state index contributed by atoms with van der Waals surface area (Å²) in [5, 5.41) is 0. The third-order valence-corrected chi connectivity index (χ3v) is 4.57. The first-order valence-corrected chi connectivity index (χ1v) is 10.3. The van der Waals surface area contributed by atoms with Gasteiger partial charge in [0.2, 0.25) is 0 Å². The lowest BCUT2D eigenvalue weighted by molar-refractivity contribution is -0.142. The Hall–Kier alpha value is -3.80. The number of carbonyl (C=O) groups is 2. The molecule has 0 aromatic heterocycles. The van der Waals surface area contributed by atoms with Crippen molar-refractivity contribution in [3.05, 3.63) is 72.8 Å². The second kappa shape index (κ2) is 11.6. The smallest absolute Gasteiger partial charge is 0.302 e.